The number of aromatic nitrogens is 1. The average Bonchev–Trinajstić information content (AvgIpc) is 3.12. The van der Waals surface area contributed by atoms with Gasteiger partial charge in [-0.3, -0.25) is 24.3 Å². The van der Waals surface area contributed by atoms with Crippen LogP contribution in [0.25, 0.3) is 11.1 Å². The molecule has 3 rings (SSSR count). The summed E-state index contributed by atoms with van der Waals surface area (Å²) in [6.07, 6.45) is 0.592. The zero-order chi connectivity index (χ0) is 25.4. The Morgan fingerprint density at radius 2 is 1.91 bits per heavy atom. The molecule has 11 nitrogen and oxygen atoms in total. The highest BCUT2D eigenvalue weighted by molar-refractivity contribution is 5.80. The van der Waals surface area contributed by atoms with E-state index in [9.17, 15) is 33.3 Å². The minimum Gasteiger partial charge on any atom is -0.456 e. The first-order valence-electron chi connectivity index (χ1n) is 10.5. The van der Waals surface area contributed by atoms with Crippen LogP contribution in [0, 0.1) is 10.1 Å². The van der Waals surface area contributed by atoms with Gasteiger partial charge in [-0.1, -0.05) is 12.1 Å². The summed E-state index contributed by atoms with van der Waals surface area (Å²) in [6.45, 7) is -3.01. The summed E-state index contributed by atoms with van der Waals surface area (Å²) in [7, 11) is 0. The molecule has 3 aromatic rings. The van der Waals surface area contributed by atoms with Crippen molar-refractivity contribution in [2.24, 2.45) is 0 Å². The standard InChI is InChI=1S/C22H21F2N3O8/c23-21(24)34-16-6-3-14(4-7-16)9-10-25-19(28)13-33-20(29)2-1-11-26-17-8-5-15(27(31)32)12-18(17)35-22(26)30/h3-8,12,21H,1-2,9-11,13H2,(H,25,28). The predicted octanol–water partition coefficient (Wildman–Crippen LogP) is 2.79. The maximum Gasteiger partial charge on any atom is 0.419 e. The van der Waals surface area contributed by atoms with E-state index >= 15 is 0 Å². The summed E-state index contributed by atoms with van der Waals surface area (Å²) < 4.78 is 39.7. The van der Waals surface area contributed by atoms with Gasteiger partial charge in [0, 0.05) is 25.6 Å². The number of non-ortho nitro benzene ring substituents is 1. The van der Waals surface area contributed by atoms with E-state index in [0.717, 1.165) is 11.6 Å². The highest BCUT2D eigenvalue weighted by atomic mass is 19.3. The van der Waals surface area contributed by atoms with E-state index in [4.69, 9.17) is 9.15 Å². The van der Waals surface area contributed by atoms with Crippen molar-refractivity contribution in [1.29, 1.82) is 0 Å². The zero-order valence-corrected chi connectivity index (χ0v) is 18.3. The van der Waals surface area contributed by atoms with Gasteiger partial charge in [-0.05, 0) is 36.6 Å². The number of esters is 1. The SMILES string of the molecule is O=C(COC(=O)CCCn1c(=O)oc2cc([N+](=O)[O-])ccc21)NCCc1ccc(OC(F)F)cc1. The number of nitro benzene ring substituents is 1. The lowest BCUT2D eigenvalue weighted by Crippen LogP contribution is -2.30. The van der Waals surface area contributed by atoms with E-state index in [1.807, 2.05) is 0 Å². The summed E-state index contributed by atoms with van der Waals surface area (Å²) >= 11 is 0. The number of carbonyl (C=O) groups is 2. The van der Waals surface area contributed by atoms with Gasteiger partial charge >= 0.3 is 18.3 Å². The molecule has 1 aromatic heterocycles. The van der Waals surface area contributed by atoms with Crippen molar-refractivity contribution < 1.29 is 37.2 Å². The quantitative estimate of drug-likeness (QED) is 0.231. The Morgan fingerprint density at radius 3 is 2.60 bits per heavy atom. The Morgan fingerprint density at radius 1 is 1.17 bits per heavy atom. The first-order valence-corrected chi connectivity index (χ1v) is 10.5. The Balaban J connectivity index is 1.36. The minimum atomic E-state index is -2.90. The second kappa shape index (κ2) is 11.7. The minimum absolute atomic E-state index is 0.0366. The number of rotatable bonds is 12. The smallest absolute Gasteiger partial charge is 0.419 e. The van der Waals surface area contributed by atoms with Gasteiger partial charge in [-0.25, -0.2) is 4.79 Å². The van der Waals surface area contributed by atoms with E-state index in [1.165, 1.54) is 28.8 Å². The van der Waals surface area contributed by atoms with Crippen molar-refractivity contribution in [2.75, 3.05) is 13.2 Å². The number of benzene rings is 2. The highest BCUT2D eigenvalue weighted by Crippen LogP contribution is 2.20. The van der Waals surface area contributed by atoms with Gasteiger partial charge in [0.15, 0.2) is 12.2 Å². The van der Waals surface area contributed by atoms with Crippen LogP contribution >= 0.6 is 0 Å². The van der Waals surface area contributed by atoms with Crippen LogP contribution in [0.5, 0.6) is 5.75 Å². The number of nitrogens with zero attached hydrogens (tertiary/aromatic N) is 2. The first-order chi connectivity index (χ1) is 16.7. The molecule has 0 spiro atoms. The molecule has 1 amide bonds. The normalized spacial score (nSPS) is 10.9. The monoisotopic (exact) mass is 493 g/mol. The number of aryl methyl sites for hydroxylation is 1. The molecule has 1 heterocycles. The van der Waals surface area contributed by atoms with Crippen LogP contribution in [-0.4, -0.2) is 41.1 Å². The maximum atomic E-state index is 12.1. The van der Waals surface area contributed by atoms with Gasteiger partial charge in [0.2, 0.25) is 0 Å². The summed E-state index contributed by atoms with van der Waals surface area (Å²) in [4.78, 5) is 46.0. The van der Waals surface area contributed by atoms with Crippen molar-refractivity contribution in [2.45, 2.75) is 32.4 Å². The zero-order valence-electron chi connectivity index (χ0n) is 18.3. The van der Waals surface area contributed by atoms with Crippen molar-refractivity contribution in [3.8, 4) is 5.75 Å². The van der Waals surface area contributed by atoms with Crippen LogP contribution in [0.2, 0.25) is 0 Å². The fraction of sp³-hybridized carbons (Fsp3) is 0.318. The lowest BCUT2D eigenvalue weighted by molar-refractivity contribution is -0.384. The van der Waals surface area contributed by atoms with Gasteiger partial charge < -0.3 is 19.2 Å². The molecular weight excluding hydrogens is 472 g/mol. The van der Waals surface area contributed by atoms with Crippen molar-refractivity contribution in [3.63, 3.8) is 0 Å². The second-order valence-electron chi connectivity index (χ2n) is 7.32. The number of nitrogens with one attached hydrogen (secondary N) is 1. The van der Waals surface area contributed by atoms with Crippen LogP contribution in [0.15, 0.2) is 51.7 Å². The van der Waals surface area contributed by atoms with E-state index < -0.39 is 35.8 Å². The molecule has 186 valence electrons. The molecule has 13 heteroatoms. The molecule has 0 radical (unpaired) electrons. The molecule has 0 atom stereocenters. The summed E-state index contributed by atoms with van der Waals surface area (Å²) in [5.74, 6) is -1.81. The molecule has 0 fully saturated rings. The lowest BCUT2D eigenvalue weighted by Gasteiger charge is -2.08. The fourth-order valence-corrected chi connectivity index (χ4v) is 3.21. The second-order valence-corrected chi connectivity index (χ2v) is 7.32. The Hall–Kier alpha value is -4.29. The number of amides is 1. The van der Waals surface area contributed by atoms with Crippen LogP contribution in [0.4, 0.5) is 14.5 Å². The van der Waals surface area contributed by atoms with Crippen LogP contribution in [0.1, 0.15) is 18.4 Å². The van der Waals surface area contributed by atoms with Crippen molar-refractivity contribution in [1.82, 2.24) is 9.88 Å². The van der Waals surface area contributed by atoms with E-state index in [2.05, 4.69) is 10.1 Å². The number of carbonyl (C=O) groups excluding carboxylic acids is 2. The molecule has 0 aliphatic rings. The maximum absolute atomic E-state index is 12.1. The van der Waals surface area contributed by atoms with Crippen LogP contribution in [-0.2, 0) is 27.3 Å². The summed E-state index contributed by atoms with van der Waals surface area (Å²) in [6, 6.07) is 9.78. The molecule has 0 aliphatic heterocycles. The van der Waals surface area contributed by atoms with E-state index in [-0.39, 0.29) is 43.0 Å². The number of alkyl halides is 2. The number of fused-ring (bicyclic) bond motifs is 1. The molecule has 0 aliphatic carbocycles. The van der Waals surface area contributed by atoms with Gasteiger partial charge in [0.05, 0.1) is 16.5 Å². The predicted molar refractivity (Wildman–Crippen MR) is 117 cm³/mol. The molecule has 0 saturated carbocycles. The Kier molecular flexibility index (Phi) is 8.48. The Labute approximate surface area is 196 Å². The average molecular weight is 493 g/mol. The summed E-state index contributed by atoms with van der Waals surface area (Å²) in [5, 5.41) is 13.4. The first kappa shape index (κ1) is 25.3. The molecule has 0 unspecified atom stereocenters. The van der Waals surface area contributed by atoms with E-state index in [1.54, 1.807) is 12.1 Å². The number of ether oxygens (including phenoxy) is 2. The molecule has 0 bridgehead atoms. The number of hydrogen-bond acceptors (Lipinski definition) is 8. The topological polar surface area (TPSA) is 143 Å². The largest absolute Gasteiger partial charge is 0.456 e. The molecule has 2 aromatic carbocycles. The van der Waals surface area contributed by atoms with E-state index in [0.29, 0.717) is 11.9 Å². The van der Waals surface area contributed by atoms with Gasteiger partial charge in [-0.2, -0.15) is 8.78 Å². The van der Waals surface area contributed by atoms with Crippen molar-refractivity contribution in [3.05, 3.63) is 68.7 Å². The highest BCUT2D eigenvalue weighted by Gasteiger charge is 2.15. The third-order valence-corrected chi connectivity index (χ3v) is 4.87. The number of oxazole rings is 1. The van der Waals surface area contributed by atoms with Crippen molar-refractivity contribution >= 4 is 28.7 Å². The van der Waals surface area contributed by atoms with Gasteiger partial charge in [0.1, 0.15) is 5.75 Å². The van der Waals surface area contributed by atoms with Gasteiger partial charge in [0.25, 0.3) is 11.6 Å². The molecule has 1 N–H and O–H groups in total. The summed E-state index contributed by atoms with van der Waals surface area (Å²) in [5.41, 5.74) is 1.02. The van der Waals surface area contributed by atoms with Crippen LogP contribution < -0.4 is 15.8 Å². The third kappa shape index (κ3) is 7.35. The lowest BCUT2D eigenvalue weighted by atomic mass is 10.1. The molecule has 35 heavy (non-hydrogen) atoms. The Bertz CT molecular complexity index is 1250. The molecule has 0 saturated heterocycles. The van der Waals surface area contributed by atoms with Gasteiger partial charge in [-0.15, -0.1) is 0 Å². The number of hydrogen-bond donors (Lipinski definition) is 1. The number of halogens is 2. The fourth-order valence-electron chi connectivity index (χ4n) is 3.21. The molecular formula is C22H21F2N3O8. The third-order valence-electron chi connectivity index (χ3n) is 4.87. The number of nitro groups is 1. The van der Waals surface area contributed by atoms with Crippen LogP contribution in [0.3, 0.4) is 0 Å².